The highest BCUT2D eigenvalue weighted by molar-refractivity contribution is 5.92. The van der Waals surface area contributed by atoms with Gasteiger partial charge in [0.05, 0.1) is 11.2 Å². The highest BCUT2D eigenvalue weighted by atomic mass is 16.3. The molecule has 0 radical (unpaired) electrons. The van der Waals surface area contributed by atoms with E-state index in [1.54, 1.807) is 24.3 Å². The van der Waals surface area contributed by atoms with Crippen molar-refractivity contribution in [1.29, 1.82) is 0 Å². The van der Waals surface area contributed by atoms with E-state index in [0.717, 1.165) is 28.7 Å². The number of fused-ring (bicyclic) bond motifs is 1. The number of benzene rings is 2. The molecule has 3 rings (SSSR count). The molecule has 2 N–H and O–H groups in total. The second-order valence-electron chi connectivity index (χ2n) is 4.97. The summed E-state index contributed by atoms with van der Waals surface area (Å²) in [5, 5.41) is 20.3. The molecule has 0 spiro atoms. The molecule has 2 aromatic carbocycles. The minimum absolute atomic E-state index is 0.267. The van der Waals surface area contributed by atoms with Crippen molar-refractivity contribution in [3.05, 3.63) is 48.0 Å². The molecule has 102 valence electrons. The Kier molecular flexibility index (Phi) is 2.90. The van der Waals surface area contributed by atoms with E-state index in [-0.39, 0.29) is 11.5 Å². The van der Waals surface area contributed by atoms with E-state index in [1.807, 2.05) is 18.2 Å². The minimum Gasteiger partial charge on any atom is -0.508 e. The fourth-order valence-corrected chi connectivity index (χ4v) is 2.83. The quantitative estimate of drug-likeness (QED) is 0.735. The van der Waals surface area contributed by atoms with E-state index < -0.39 is 0 Å². The molecule has 0 saturated heterocycles. The van der Waals surface area contributed by atoms with Crippen LogP contribution in [-0.2, 0) is 6.54 Å². The Hall–Kier alpha value is -2.42. The largest absolute Gasteiger partial charge is 0.508 e. The van der Waals surface area contributed by atoms with Gasteiger partial charge in [-0.05, 0) is 61.4 Å². The number of phenolic OH excluding ortho intramolecular Hbond substituents is 2. The third kappa shape index (κ3) is 1.83. The SMILES string of the molecule is CCn1c(-c2ccc(O)cc2)c(C)c2ccc(O)cc21. The number of phenols is 2. The van der Waals surface area contributed by atoms with Crippen LogP contribution in [-0.4, -0.2) is 14.8 Å². The van der Waals surface area contributed by atoms with Crippen LogP contribution in [0.3, 0.4) is 0 Å². The summed E-state index contributed by atoms with van der Waals surface area (Å²) in [5.74, 6) is 0.546. The molecular weight excluding hydrogens is 250 g/mol. The summed E-state index contributed by atoms with van der Waals surface area (Å²) in [6, 6.07) is 12.7. The predicted octanol–water partition coefficient (Wildman–Crippen LogP) is 4.05. The van der Waals surface area contributed by atoms with E-state index in [9.17, 15) is 10.2 Å². The molecule has 3 aromatic rings. The fourth-order valence-electron chi connectivity index (χ4n) is 2.83. The monoisotopic (exact) mass is 267 g/mol. The van der Waals surface area contributed by atoms with Gasteiger partial charge >= 0.3 is 0 Å². The van der Waals surface area contributed by atoms with Crippen molar-refractivity contribution in [1.82, 2.24) is 4.57 Å². The minimum atomic E-state index is 0.267. The van der Waals surface area contributed by atoms with Crippen LogP contribution < -0.4 is 0 Å². The number of aromatic nitrogens is 1. The van der Waals surface area contributed by atoms with Crippen molar-refractivity contribution in [2.24, 2.45) is 0 Å². The molecular formula is C17H17NO2. The van der Waals surface area contributed by atoms with Gasteiger partial charge in [-0.3, -0.25) is 0 Å². The van der Waals surface area contributed by atoms with Crippen molar-refractivity contribution < 1.29 is 10.2 Å². The second kappa shape index (κ2) is 4.60. The molecule has 0 unspecified atom stereocenters. The number of aryl methyl sites for hydroxylation is 2. The molecule has 1 aromatic heterocycles. The predicted molar refractivity (Wildman–Crippen MR) is 81.1 cm³/mol. The van der Waals surface area contributed by atoms with Crippen molar-refractivity contribution in [3.63, 3.8) is 0 Å². The van der Waals surface area contributed by atoms with E-state index in [4.69, 9.17) is 0 Å². The number of rotatable bonds is 2. The maximum Gasteiger partial charge on any atom is 0.117 e. The molecule has 0 amide bonds. The topological polar surface area (TPSA) is 45.4 Å². The highest BCUT2D eigenvalue weighted by Gasteiger charge is 2.15. The first kappa shape index (κ1) is 12.6. The fraction of sp³-hybridized carbons (Fsp3) is 0.176. The van der Waals surface area contributed by atoms with Crippen LogP contribution in [0.25, 0.3) is 22.2 Å². The Bertz CT molecular complexity index is 770. The van der Waals surface area contributed by atoms with E-state index in [2.05, 4.69) is 18.4 Å². The Balaban J connectivity index is 2.34. The Morgan fingerprint density at radius 1 is 0.950 bits per heavy atom. The zero-order chi connectivity index (χ0) is 14.3. The van der Waals surface area contributed by atoms with Gasteiger partial charge in [-0.15, -0.1) is 0 Å². The lowest BCUT2D eigenvalue weighted by Gasteiger charge is -2.09. The smallest absolute Gasteiger partial charge is 0.117 e. The lowest BCUT2D eigenvalue weighted by molar-refractivity contribution is 0.475. The molecule has 1 heterocycles. The van der Waals surface area contributed by atoms with E-state index in [1.165, 1.54) is 5.56 Å². The van der Waals surface area contributed by atoms with Gasteiger partial charge in [-0.1, -0.05) is 0 Å². The Morgan fingerprint density at radius 2 is 1.60 bits per heavy atom. The van der Waals surface area contributed by atoms with Crippen molar-refractivity contribution in [3.8, 4) is 22.8 Å². The van der Waals surface area contributed by atoms with Crippen molar-refractivity contribution in [2.45, 2.75) is 20.4 Å². The van der Waals surface area contributed by atoms with Crippen LogP contribution in [0.4, 0.5) is 0 Å². The molecule has 0 bridgehead atoms. The summed E-state index contributed by atoms with van der Waals surface area (Å²) in [6.07, 6.45) is 0. The third-order valence-corrected chi connectivity index (χ3v) is 3.76. The Labute approximate surface area is 117 Å². The maximum atomic E-state index is 9.71. The first-order valence-corrected chi connectivity index (χ1v) is 6.73. The van der Waals surface area contributed by atoms with Gasteiger partial charge in [0.2, 0.25) is 0 Å². The summed E-state index contributed by atoms with van der Waals surface area (Å²) in [4.78, 5) is 0. The lowest BCUT2D eigenvalue weighted by Crippen LogP contribution is -1.97. The highest BCUT2D eigenvalue weighted by Crippen LogP contribution is 2.35. The average Bonchev–Trinajstić information content (AvgIpc) is 2.72. The zero-order valence-corrected chi connectivity index (χ0v) is 11.6. The first-order valence-electron chi connectivity index (χ1n) is 6.73. The normalized spacial score (nSPS) is 11.1. The Morgan fingerprint density at radius 3 is 2.25 bits per heavy atom. The maximum absolute atomic E-state index is 9.71. The van der Waals surface area contributed by atoms with Crippen molar-refractivity contribution >= 4 is 10.9 Å². The van der Waals surface area contributed by atoms with Crippen LogP contribution in [0, 0.1) is 6.92 Å². The number of aromatic hydroxyl groups is 2. The molecule has 20 heavy (non-hydrogen) atoms. The van der Waals surface area contributed by atoms with E-state index >= 15 is 0 Å². The van der Waals surface area contributed by atoms with Gasteiger partial charge in [0.1, 0.15) is 11.5 Å². The molecule has 0 saturated carbocycles. The summed E-state index contributed by atoms with van der Waals surface area (Å²) in [6.45, 7) is 5.00. The van der Waals surface area contributed by atoms with Crippen LogP contribution in [0.5, 0.6) is 11.5 Å². The zero-order valence-electron chi connectivity index (χ0n) is 11.6. The molecule has 0 aliphatic heterocycles. The summed E-state index contributed by atoms with van der Waals surface area (Å²) >= 11 is 0. The number of hydrogen-bond donors (Lipinski definition) is 2. The first-order chi connectivity index (χ1) is 9.61. The van der Waals surface area contributed by atoms with Crippen LogP contribution >= 0.6 is 0 Å². The molecule has 0 atom stereocenters. The number of hydrogen-bond acceptors (Lipinski definition) is 2. The van der Waals surface area contributed by atoms with Crippen LogP contribution in [0.15, 0.2) is 42.5 Å². The van der Waals surface area contributed by atoms with Gasteiger partial charge in [0, 0.05) is 18.0 Å². The van der Waals surface area contributed by atoms with Gasteiger partial charge in [-0.25, -0.2) is 0 Å². The van der Waals surface area contributed by atoms with Gasteiger partial charge < -0.3 is 14.8 Å². The summed E-state index contributed by atoms with van der Waals surface area (Å²) < 4.78 is 2.19. The molecule has 3 heteroatoms. The van der Waals surface area contributed by atoms with Crippen LogP contribution in [0.1, 0.15) is 12.5 Å². The average molecular weight is 267 g/mol. The lowest BCUT2D eigenvalue weighted by atomic mass is 10.1. The molecule has 3 nitrogen and oxygen atoms in total. The van der Waals surface area contributed by atoms with Gasteiger partial charge in [0.15, 0.2) is 0 Å². The number of nitrogens with zero attached hydrogens (tertiary/aromatic N) is 1. The standard InChI is InChI=1S/C17H17NO2/c1-3-18-16-10-14(20)8-9-15(16)11(2)17(18)12-4-6-13(19)7-5-12/h4-10,19-20H,3H2,1-2H3. The summed E-state index contributed by atoms with van der Waals surface area (Å²) in [5.41, 5.74) is 4.42. The van der Waals surface area contributed by atoms with E-state index in [0.29, 0.717) is 0 Å². The summed E-state index contributed by atoms with van der Waals surface area (Å²) in [7, 11) is 0. The molecule has 0 aliphatic carbocycles. The van der Waals surface area contributed by atoms with Crippen LogP contribution in [0.2, 0.25) is 0 Å². The molecule has 0 fully saturated rings. The van der Waals surface area contributed by atoms with Gasteiger partial charge in [0.25, 0.3) is 0 Å². The molecule has 0 aliphatic rings. The van der Waals surface area contributed by atoms with Gasteiger partial charge in [-0.2, -0.15) is 0 Å². The van der Waals surface area contributed by atoms with Crippen molar-refractivity contribution in [2.75, 3.05) is 0 Å². The third-order valence-electron chi connectivity index (χ3n) is 3.76. The second-order valence-corrected chi connectivity index (χ2v) is 4.97.